The molecule has 2 heterocycles. The fraction of sp³-hybridized carbons (Fsp3) is 0.150. The Morgan fingerprint density at radius 1 is 1.07 bits per heavy atom. The number of nitrogens with zero attached hydrogens (tertiary/aromatic N) is 1. The van der Waals surface area contributed by atoms with Crippen molar-refractivity contribution in [3.63, 3.8) is 0 Å². The number of carbonyl (C=O) groups excluding carboxylic acids is 3. The highest BCUT2D eigenvalue weighted by molar-refractivity contribution is 6.39. The Kier molecular flexibility index (Phi) is 4.44. The number of hydrogen-bond acceptors (Lipinski definition) is 6. The van der Waals surface area contributed by atoms with Gasteiger partial charge in [-0.2, -0.15) is 0 Å². The predicted molar refractivity (Wildman–Crippen MR) is 99.2 cm³/mol. The molecule has 0 aromatic heterocycles. The van der Waals surface area contributed by atoms with E-state index in [1.807, 2.05) is 6.92 Å². The molecule has 2 aromatic rings. The molecular formula is C20H16N2O6. The van der Waals surface area contributed by atoms with Crippen LogP contribution in [-0.2, 0) is 9.59 Å². The van der Waals surface area contributed by atoms with E-state index in [9.17, 15) is 14.4 Å². The molecule has 0 saturated carbocycles. The van der Waals surface area contributed by atoms with Gasteiger partial charge in [0.25, 0.3) is 11.8 Å². The lowest BCUT2D eigenvalue weighted by molar-refractivity contribution is -0.122. The van der Waals surface area contributed by atoms with Gasteiger partial charge in [0, 0.05) is 0 Å². The van der Waals surface area contributed by atoms with E-state index in [4.69, 9.17) is 14.2 Å². The smallest absolute Gasteiger partial charge is 0.335 e. The summed E-state index contributed by atoms with van der Waals surface area (Å²) >= 11 is 0. The zero-order chi connectivity index (χ0) is 19.7. The molecule has 1 N–H and O–H groups in total. The van der Waals surface area contributed by atoms with Crippen molar-refractivity contribution in [3.05, 3.63) is 53.6 Å². The average molecular weight is 380 g/mol. The molecule has 8 nitrogen and oxygen atoms in total. The first kappa shape index (κ1) is 17.6. The Bertz CT molecular complexity index is 996. The first-order chi connectivity index (χ1) is 13.6. The zero-order valence-corrected chi connectivity index (χ0v) is 14.9. The standard InChI is InChI=1S/C20H16N2O6/c1-2-26-14-6-4-13(5-7-14)22-19(24)15(18(23)21-20(22)25)9-12-3-8-16-17(10-12)28-11-27-16/h3-10H,2,11H2,1H3,(H,21,23,25)/b15-9-. The van der Waals surface area contributed by atoms with E-state index in [0.29, 0.717) is 35.1 Å². The molecule has 2 aliphatic rings. The topological polar surface area (TPSA) is 94.2 Å². The summed E-state index contributed by atoms with van der Waals surface area (Å²) in [6.07, 6.45) is 1.41. The molecule has 2 aliphatic heterocycles. The van der Waals surface area contributed by atoms with Crippen molar-refractivity contribution in [2.75, 3.05) is 18.3 Å². The maximum absolute atomic E-state index is 12.9. The summed E-state index contributed by atoms with van der Waals surface area (Å²) in [5.41, 5.74) is 0.742. The van der Waals surface area contributed by atoms with Crippen molar-refractivity contribution in [1.82, 2.24) is 5.32 Å². The molecule has 0 atom stereocenters. The monoisotopic (exact) mass is 380 g/mol. The number of hydrogen-bond donors (Lipinski definition) is 1. The lowest BCUT2D eigenvalue weighted by Crippen LogP contribution is -2.54. The SMILES string of the molecule is CCOc1ccc(N2C(=O)NC(=O)/C(=C/c3ccc4c(c3)OCO4)C2=O)cc1. The van der Waals surface area contributed by atoms with Crippen LogP contribution in [0.5, 0.6) is 17.2 Å². The van der Waals surface area contributed by atoms with Crippen LogP contribution in [0.2, 0.25) is 0 Å². The molecule has 1 saturated heterocycles. The van der Waals surface area contributed by atoms with Gasteiger partial charge in [-0.15, -0.1) is 0 Å². The van der Waals surface area contributed by atoms with Crippen LogP contribution in [0.15, 0.2) is 48.0 Å². The van der Waals surface area contributed by atoms with Gasteiger partial charge in [0.05, 0.1) is 12.3 Å². The number of fused-ring (bicyclic) bond motifs is 1. The van der Waals surface area contributed by atoms with Crippen molar-refractivity contribution >= 4 is 29.6 Å². The van der Waals surface area contributed by atoms with Gasteiger partial charge in [-0.3, -0.25) is 14.9 Å². The Hall–Kier alpha value is -3.81. The second-order valence-electron chi connectivity index (χ2n) is 6.00. The van der Waals surface area contributed by atoms with Crippen molar-refractivity contribution in [2.24, 2.45) is 0 Å². The number of rotatable bonds is 4. The molecule has 2 aromatic carbocycles. The quantitative estimate of drug-likeness (QED) is 0.647. The second-order valence-corrected chi connectivity index (χ2v) is 6.00. The van der Waals surface area contributed by atoms with Gasteiger partial charge in [0.2, 0.25) is 6.79 Å². The number of ether oxygens (including phenoxy) is 3. The van der Waals surface area contributed by atoms with Crippen LogP contribution in [-0.4, -0.2) is 31.2 Å². The van der Waals surface area contributed by atoms with Crippen LogP contribution in [0.1, 0.15) is 12.5 Å². The normalized spacial score (nSPS) is 17.1. The van der Waals surface area contributed by atoms with E-state index >= 15 is 0 Å². The highest BCUT2D eigenvalue weighted by Gasteiger charge is 2.36. The van der Waals surface area contributed by atoms with Gasteiger partial charge in [0.1, 0.15) is 11.3 Å². The van der Waals surface area contributed by atoms with E-state index in [2.05, 4.69) is 5.32 Å². The molecule has 8 heteroatoms. The zero-order valence-electron chi connectivity index (χ0n) is 14.9. The van der Waals surface area contributed by atoms with E-state index < -0.39 is 17.8 Å². The number of nitrogens with one attached hydrogen (secondary N) is 1. The number of urea groups is 1. The minimum Gasteiger partial charge on any atom is -0.494 e. The van der Waals surface area contributed by atoms with Crippen LogP contribution < -0.4 is 24.4 Å². The van der Waals surface area contributed by atoms with Crippen LogP contribution >= 0.6 is 0 Å². The Balaban J connectivity index is 1.66. The minimum atomic E-state index is -0.804. The molecule has 0 spiro atoms. The van der Waals surface area contributed by atoms with Crippen LogP contribution in [0.25, 0.3) is 6.08 Å². The Morgan fingerprint density at radius 3 is 2.57 bits per heavy atom. The molecule has 0 unspecified atom stereocenters. The molecule has 1 fully saturated rings. The van der Waals surface area contributed by atoms with Crippen molar-refractivity contribution < 1.29 is 28.6 Å². The van der Waals surface area contributed by atoms with Crippen molar-refractivity contribution in [3.8, 4) is 17.2 Å². The summed E-state index contributed by atoms with van der Waals surface area (Å²) in [7, 11) is 0. The van der Waals surface area contributed by atoms with E-state index in [1.165, 1.54) is 6.08 Å². The fourth-order valence-corrected chi connectivity index (χ4v) is 2.92. The third kappa shape index (κ3) is 3.16. The third-order valence-electron chi connectivity index (χ3n) is 4.22. The van der Waals surface area contributed by atoms with E-state index in [1.54, 1.807) is 42.5 Å². The molecule has 4 amide bonds. The summed E-state index contributed by atoms with van der Waals surface area (Å²) in [5.74, 6) is 0.263. The number of carbonyl (C=O) groups is 3. The van der Waals surface area contributed by atoms with Crippen molar-refractivity contribution in [1.29, 1.82) is 0 Å². The predicted octanol–water partition coefficient (Wildman–Crippen LogP) is 2.48. The first-order valence-corrected chi connectivity index (χ1v) is 8.61. The number of barbiturate groups is 1. The van der Waals surface area contributed by atoms with Gasteiger partial charge < -0.3 is 14.2 Å². The Morgan fingerprint density at radius 2 is 1.82 bits per heavy atom. The van der Waals surface area contributed by atoms with Gasteiger partial charge >= 0.3 is 6.03 Å². The lowest BCUT2D eigenvalue weighted by atomic mass is 10.1. The van der Waals surface area contributed by atoms with Gasteiger partial charge in [0.15, 0.2) is 11.5 Å². The summed E-state index contributed by atoms with van der Waals surface area (Å²) in [6.45, 7) is 2.47. The third-order valence-corrected chi connectivity index (χ3v) is 4.22. The number of amides is 4. The van der Waals surface area contributed by atoms with Gasteiger partial charge in [-0.25, -0.2) is 9.69 Å². The lowest BCUT2D eigenvalue weighted by Gasteiger charge is -2.26. The van der Waals surface area contributed by atoms with E-state index in [0.717, 1.165) is 4.90 Å². The van der Waals surface area contributed by atoms with Gasteiger partial charge in [-0.1, -0.05) is 6.07 Å². The number of benzene rings is 2. The molecule has 142 valence electrons. The fourth-order valence-electron chi connectivity index (χ4n) is 2.92. The molecule has 28 heavy (non-hydrogen) atoms. The van der Waals surface area contributed by atoms with Crippen LogP contribution in [0, 0.1) is 0 Å². The summed E-state index contributed by atoms with van der Waals surface area (Å²) < 4.78 is 15.9. The summed E-state index contributed by atoms with van der Waals surface area (Å²) in [5, 5.41) is 2.19. The molecule has 0 bridgehead atoms. The average Bonchev–Trinajstić information content (AvgIpc) is 3.14. The Labute approximate surface area is 160 Å². The molecule has 4 rings (SSSR count). The second kappa shape index (κ2) is 7.07. The maximum Gasteiger partial charge on any atom is 0.335 e. The first-order valence-electron chi connectivity index (χ1n) is 8.61. The minimum absolute atomic E-state index is 0.120. The van der Waals surface area contributed by atoms with Crippen LogP contribution in [0.4, 0.5) is 10.5 Å². The largest absolute Gasteiger partial charge is 0.494 e. The van der Waals surface area contributed by atoms with E-state index in [-0.39, 0.29) is 12.4 Å². The summed E-state index contributed by atoms with van der Waals surface area (Å²) in [6, 6.07) is 10.7. The molecule has 0 aliphatic carbocycles. The number of imide groups is 2. The molecule has 0 radical (unpaired) electrons. The van der Waals surface area contributed by atoms with Crippen molar-refractivity contribution in [2.45, 2.75) is 6.92 Å². The molecular weight excluding hydrogens is 364 g/mol. The van der Waals surface area contributed by atoms with Gasteiger partial charge in [-0.05, 0) is 55.0 Å². The maximum atomic E-state index is 12.9. The summed E-state index contributed by atoms with van der Waals surface area (Å²) in [4.78, 5) is 38.3. The van der Waals surface area contributed by atoms with Crippen LogP contribution in [0.3, 0.4) is 0 Å². The highest BCUT2D eigenvalue weighted by atomic mass is 16.7. The highest BCUT2D eigenvalue weighted by Crippen LogP contribution is 2.33. The number of anilines is 1.